The van der Waals surface area contributed by atoms with Crippen molar-refractivity contribution in [3.8, 4) is 0 Å². The van der Waals surface area contributed by atoms with E-state index in [4.69, 9.17) is 4.74 Å². The van der Waals surface area contributed by atoms with Gasteiger partial charge < -0.3 is 10.1 Å². The zero-order chi connectivity index (χ0) is 18.4. The number of hydrogen-bond donors (Lipinski definition) is 1. The summed E-state index contributed by atoms with van der Waals surface area (Å²) in [6, 6.07) is 16.9. The minimum atomic E-state index is -0.807. The molecule has 0 aliphatic heterocycles. The van der Waals surface area contributed by atoms with Crippen LogP contribution in [0.3, 0.4) is 0 Å². The van der Waals surface area contributed by atoms with E-state index >= 15 is 0 Å². The molecule has 1 atom stereocenters. The van der Waals surface area contributed by atoms with E-state index in [2.05, 4.69) is 21.2 Å². The number of nitrogens with one attached hydrogen (secondary N) is 1. The first-order valence-corrected chi connectivity index (χ1v) is 8.87. The van der Waals surface area contributed by atoms with Crippen LogP contribution in [0.25, 0.3) is 0 Å². The van der Waals surface area contributed by atoms with Crippen LogP contribution in [0.4, 0.5) is 0 Å². The fourth-order valence-corrected chi connectivity index (χ4v) is 2.67. The van der Waals surface area contributed by atoms with Gasteiger partial charge in [0.15, 0.2) is 6.61 Å². The predicted molar refractivity (Wildman–Crippen MR) is 101 cm³/mol. The lowest BCUT2D eigenvalue weighted by Crippen LogP contribution is -2.36. The van der Waals surface area contributed by atoms with Gasteiger partial charge >= 0.3 is 5.97 Å². The third-order valence-corrected chi connectivity index (χ3v) is 4.62. The quantitative estimate of drug-likeness (QED) is 0.737. The highest BCUT2D eigenvalue weighted by Crippen LogP contribution is 2.24. The zero-order valence-electron chi connectivity index (χ0n) is 14.6. The average molecular weight is 404 g/mol. The van der Waals surface area contributed by atoms with Gasteiger partial charge in [-0.05, 0) is 44.0 Å². The minimum Gasteiger partial charge on any atom is -0.455 e. The summed E-state index contributed by atoms with van der Waals surface area (Å²) in [5.41, 5.74) is 1.02. The Morgan fingerprint density at radius 2 is 1.68 bits per heavy atom. The lowest BCUT2D eigenvalue weighted by Gasteiger charge is -2.23. The molecular weight excluding hydrogens is 382 g/mol. The summed E-state index contributed by atoms with van der Waals surface area (Å²) in [4.78, 5) is 24.4. The van der Waals surface area contributed by atoms with E-state index < -0.39 is 11.4 Å². The number of hydrogen-bond acceptors (Lipinski definition) is 3. The maximum Gasteiger partial charge on any atom is 0.316 e. The van der Waals surface area contributed by atoms with Gasteiger partial charge in [0.25, 0.3) is 5.91 Å². The first-order valence-electron chi connectivity index (χ1n) is 8.08. The molecule has 2 aromatic rings. The molecule has 25 heavy (non-hydrogen) atoms. The Morgan fingerprint density at radius 3 is 2.28 bits per heavy atom. The number of amides is 1. The molecule has 4 nitrogen and oxygen atoms in total. The summed E-state index contributed by atoms with van der Waals surface area (Å²) >= 11 is 3.38. The van der Waals surface area contributed by atoms with Crippen molar-refractivity contribution in [2.24, 2.45) is 0 Å². The number of benzene rings is 2. The summed E-state index contributed by atoms with van der Waals surface area (Å²) in [5, 5.41) is 2.83. The first kappa shape index (κ1) is 19.2. The monoisotopic (exact) mass is 403 g/mol. The second-order valence-electron chi connectivity index (χ2n) is 6.41. The maximum atomic E-state index is 12.4. The molecular formula is C20H22BrNO3. The normalized spacial score (nSPS) is 12.3. The van der Waals surface area contributed by atoms with Crippen LogP contribution < -0.4 is 5.32 Å². The zero-order valence-corrected chi connectivity index (χ0v) is 16.2. The molecule has 0 aromatic heterocycles. The molecule has 0 aliphatic carbocycles. The standard InChI is InChI=1S/C20H22BrNO3/c1-14(15-9-11-17(21)12-10-15)22-18(23)13-25-19(24)20(2,3)16-7-5-4-6-8-16/h4-12,14H,13H2,1-3H3,(H,22,23)/t14-/m0/s1. The van der Waals surface area contributed by atoms with Gasteiger partial charge in [0, 0.05) is 4.47 Å². The van der Waals surface area contributed by atoms with Crippen LogP contribution >= 0.6 is 15.9 Å². The molecule has 0 unspecified atom stereocenters. The Hall–Kier alpha value is -2.14. The van der Waals surface area contributed by atoms with E-state index in [0.717, 1.165) is 15.6 Å². The van der Waals surface area contributed by atoms with E-state index in [-0.39, 0.29) is 18.6 Å². The molecule has 2 aromatic carbocycles. The fraction of sp³-hybridized carbons (Fsp3) is 0.300. The Morgan fingerprint density at radius 1 is 1.08 bits per heavy atom. The van der Waals surface area contributed by atoms with Crippen LogP contribution in [0.2, 0.25) is 0 Å². The van der Waals surface area contributed by atoms with Crippen molar-refractivity contribution in [1.82, 2.24) is 5.32 Å². The Balaban J connectivity index is 1.89. The Labute approximate surface area is 156 Å². The highest BCUT2D eigenvalue weighted by Gasteiger charge is 2.31. The van der Waals surface area contributed by atoms with Gasteiger partial charge in [0.05, 0.1) is 11.5 Å². The van der Waals surface area contributed by atoms with Crippen molar-refractivity contribution in [3.05, 3.63) is 70.2 Å². The summed E-state index contributed by atoms with van der Waals surface area (Å²) in [6.07, 6.45) is 0. The number of ether oxygens (including phenoxy) is 1. The van der Waals surface area contributed by atoms with E-state index in [1.54, 1.807) is 13.8 Å². The van der Waals surface area contributed by atoms with Gasteiger partial charge in [0.1, 0.15) is 0 Å². The van der Waals surface area contributed by atoms with Crippen LogP contribution in [-0.4, -0.2) is 18.5 Å². The average Bonchev–Trinajstić information content (AvgIpc) is 2.60. The van der Waals surface area contributed by atoms with Gasteiger partial charge in [-0.15, -0.1) is 0 Å². The van der Waals surface area contributed by atoms with E-state index in [9.17, 15) is 9.59 Å². The molecule has 1 amide bonds. The second kappa shape index (κ2) is 8.30. The van der Waals surface area contributed by atoms with Crippen LogP contribution in [0.1, 0.15) is 37.9 Å². The summed E-state index contributed by atoms with van der Waals surface area (Å²) in [7, 11) is 0. The summed E-state index contributed by atoms with van der Waals surface area (Å²) < 4.78 is 6.20. The van der Waals surface area contributed by atoms with Gasteiger partial charge in [-0.1, -0.05) is 58.4 Å². The number of esters is 1. The molecule has 132 valence electrons. The minimum absolute atomic E-state index is 0.165. The highest BCUT2D eigenvalue weighted by molar-refractivity contribution is 9.10. The lowest BCUT2D eigenvalue weighted by molar-refractivity contribution is -0.153. The molecule has 5 heteroatoms. The highest BCUT2D eigenvalue weighted by atomic mass is 79.9. The molecule has 0 spiro atoms. The van der Waals surface area contributed by atoms with E-state index in [1.807, 2.05) is 61.5 Å². The van der Waals surface area contributed by atoms with Crippen molar-refractivity contribution >= 4 is 27.8 Å². The van der Waals surface area contributed by atoms with Gasteiger partial charge in [-0.3, -0.25) is 9.59 Å². The van der Waals surface area contributed by atoms with Crippen molar-refractivity contribution in [1.29, 1.82) is 0 Å². The van der Waals surface area contributed by atoms with Gasteiger partial charge in [-0.2, -0.15) is 0 Å². The van der Waals surface area contributed by atoms with Crippen molar-refractivity contribution in [2.75, 3.05) is 6.61 Å². The van der Waals surface area contributed by atoms with Gasteiger partial charge in [0.2, 0.25) is 0 Å². The third kappa shape index (κ3) is 5.16. The van der Waals surface area contributed by atoms with Gasteiger partial charge in [-0.25, -0.2) is 0 Å². The van der Waals surface area contributed by atoms with Crippen molar-refractivity contribution in [3.63, 3.8) is 0 Å². The largest absolute Gasteiger partial charge is 0.455 e. The van der Waals surface area contributed by atoms with E-state index in [1.165, 1.54) is 0 Å². The third-order valence-electron chi connectivity index (χ3n) is 4.09. The molecule has 0 fully saturated rings. The number of carbonyl (C=O) groups excluding carboxylic acids is 2. The molecule has 0 aliphatic rings. The molecule has 0 radical (unpaired) electrons. The summed E-state index contributed by atoms with van der Waals surface area (Å²) in [5.74, 6) is -0.752. The second-order valence-corrected chi connectivity index (χ2v) is 7.32. The van der Waals surface area contributed by atoms with Crippen LogP contribution in [-0.2, 0) is 19.7 Å². The molecule has 1 N–H and O–H groups in total. The van der Waals surface area contributed by atoms with Crippen molar-refractivity contribution in [2.45, 2.75) is 32.2 Å². The molecule has 0 saturated heterocycles. The van der Waals surface area contributed by atoms with Crippen LogP contribution in [0.15, 0.2) is 59.1 Å². The number of rotatable bonds is 6. The van der Waals surface area contributed by atoms with Crippen LogP contribution in [0, 0.1) is 0 Å². The van der Waals surface area contributed by atoms with Crippen molar-refractivity contribution < 1.29 is 14.3 Å². The first-order chi connectivity index (χ1) is 11.8. The molecule has 0 saturated carbocycles. The Bertz CT molecular complexity index is 726. The smallest absolute Gasteiger partial charge is 0.316 e. The number of carbonyl (C=O) groups is 2. The van der Waals surface area contributed by atoms with E-state index in [0.29, 0.717) is 0 Å². The lowest BCUT2D eigenvalue weighted by atomic mass is 9.85. The molecule has 2 rings (SSSR count). The topological polar surface area (TPSA) is 55.4 Å². The summed E-state index contributed by atoms with van der Waals surface area (Å²) in [6.45, 7) is 5.16. The maximum absolute atomic E-state index is 12.4. The number of halogens is 1. The van der Waals surface area contributed by atoms with Crippen LogP contribution in [0.5, 0.6) is 0 Å². The predicted octanol–water partition coefficient (Wildman–Crippen LogP) is 4.15. The molecule has 0 bridgehead atoms. The Kier molecular flexibility index (Phi) is 6.37. The SMILES string of the molecule is C[C@H](NC(=O)COC(=O)C(C)(C)c1ccccc1)c1ccc(Br)cc1. The fourth-order valence-electron chi connectivity index (χ4n) is 2.40. The molecule has 0 heterocycles.